The zero-order valence-corrected chi connectivity index (χ0v) is 16.5. The Morgan fingerprint density at radius 2 is 1.97 bits per heavy atom. The van der Waals surface area contributed by atoms with E-state index in [2.05, 4.69) is 19.9 Å². The fourth-order valence-electron chi connectivity index (χ4n) is 4.24. The number of alkyl halides is 3. The molecular formula is C19H22F3N5OS. The average molecular weight is 425 g/mol. The van der Waals surface area contributed by atoms with Crippen LogP contribution < -0.4 is 10.6 Å². The fourth-order valence-corrected chi connectivity index (χ4v) is 5.12. The number of nitrogen functional groups attached to an aromatic ring is 1. The molecule has 1 spiro atoms. The number of nitrogens with two attached hydrogens (primary N) is 1. The van der Waals surface area contributed by atoms with Gasteiger partial charge >= 0.3 is 6.18 Å². The van der Waals surface area contributed by atoms with Crippen LogP contribution in [-0.4, -0.2) is 39.3 Å². The molecule has 1 atom stereocenters. The van der Waals surface area contributed by atoms with Crippen LogP contribution in [0.4, 0.5) is 24.8 Å². The molecule has 1 aliphatic carbocycles. The topological polar surface area (TPSA) is 88.2 Å². The van der Waals surface area contributed by atoms with Gasteiger partial charge in [-0.15, -0.1) is 0 Å². The number of rotatable bonds is 3. The third-order valence-corrected chi connectivity index (χ3v) is 6.88. The van der Waals surface area contributed by atoms with E-state index in [-0.39, 0.29) is 27.3 Å². The molecule has 2 fully saturated rings. The van der Waals surface area contributed by atoms with E-state index in [1.165, 1.54) is 12.1 Å². The summed E-state index contributed by atoms with van der Waals surface area (Å²) in [5.74, 6) is 0.725. The molecule has 0 radical (unpaired) electrons. The maximum atomic E-state index is 13.1. The van der Waals surface area contributed by atoms with Gasteiger partial charge in [-0.05, 0) is 49.7 Å². The first kappa shape index (κ1) is 20.2. The summed E-state index contributed by atoms with van der Waals surface area (Å²) in [5.41, 5.74) is 5.27. The van der Waals surface area contributed by atoms with Crippen molar-refractivity contribution in [3.63, 3.8) is 0 Å². The average Bonchev–Trinajstić information content (AvgIpc) is 3.04. The molecule has 3 N–H and O–H groups in total. The number of hydrogen-bond acceptors (Lipinski definition) is 7. The monoisotopic (exact) mass is 425 g/mol. The van der Waals surface area contributed by atoms with Gasteiger partial charge in [0.05, 0.1) is 12.3 Å². The predicted octanol–water partition coefficient (Wildman–Crippen LogP) is 3.76. The van der Waals surface area contributed by atoms with Gasteiger partial charge in [0.2, 0.25) is 0 Å². The number of halogens is 3. The van der Waals surface area contributed by atoms with Crippen molar-refractivity contribution < 1.29 is 18.3 Å². The van der Waals surface area contributed by atoms with E-state index in [1.54, 1.807) is 6.20 Å². The highest BCUT2D eigenvalue weighted by molar-refractivity contribution is 7.99. The first-order valence-electron chi connectivity index (χ1n) is 9.51. The highest BCUT2D eigenvalue weighted by Crippen LogP contribution is 2.47. The molecule has 29 heavy (non-hydrogen) atoms. The summed E-state index contributed by atoms with van der Waals surface area (Å²) in [6.07, 6.45) is 2.66. The molecule has 156 valence electrons. The minimum atomic E-state index is -4.55. The molecule has 6 nitrogen and oxygen atoms in total. The van der Waals surface area contributed by atoms with Crippen LogP contribution in [-0.2, 0) is 6.18 Å². The van der Waals surface area contributed by atoms with Gasteiger partial charge in [0, 0.05) is 24.2 Å². The summed E-state index contributed by atoms with van der Waals surface area (Å²) in [4.78, 5) is 14.1. The molecule has 2 aromatic heterocycles. The van der Waals surface area contributed by atoms with Crippen LogP contribution in [0.3, 0.4) is 0 Å². The van der Waals surface area contributed by atoms with Crippen molar-refractivity contribution in [1.82, 2.24) is 15.0 Å². The Hall–Kier alpha value is -2.07. The normalized spacial score (nSPS) is 21.7. The van der Waals surface area contributed by atoms with Crippen molar-refractivity contribution >= 4 is 23.4 Å². The SMILES string of the molecule is Nc1nc(N2CCC3(CC[C@H](O)C3)CC2)cnc1Sc1cccnc1C(F)(F)F. The quantitative estimate of drug-likeness (QED) is 0.774. The van der Waals surface area contributed by atoms with Crippen LogP contribution in [0, 0.1) is 5.41 Å². The van der Waals surface area contributed by atoms with Crippen molar-refractivity contribution in [3.8, 4) is 0 Å². The van der Waals surface area contributed by atoms with Crippen LogP contribution in [0.1, 0.15) is 37.8 Å². The minimum absolute atomic E-state index is 0.0616. The predicted molar refractivity (Wildman–Crippen MR) is 104 cm³/mol. The Kier molecular flexibility index (Phi) is 5.32. The molecule has 0 aromatic carbocycles. The van der Waals surface area contributed by atoms with Gasteiger partial charge in [-0.3, -0.25) is 4.98 Å². The van der Waals surface area contributed by atoms with E-state index in [9.17, 15) is 18.3 Å². The number of pyridine rings is 1. The second-order valence-corrected chi connectivity index (χ2v) is 8.78. The standard InChI is InChI=1S/C19H22F3N5OS/c20-19(21,22)15-13(2-1-7-24-15)29-17-16(23)26-14(11-25-17)27-8-5-18(6-9-27)4-3-12(28)10-18/h1-2,7,11-12,28H,3-6,8-10H2,(H2,23,26)/t12-/m0/s1. The Labute approximate surface area is 170 Å². The van der Waals surface area contributed by atoms with Crippen molar-refractivity contribution in [2.24, 2.45) is 5.41 Å². The number of hydrogen-bond donors (Lipinski definition) is 2. The molecule has 0 amide bonds. The smallest absolute Gasteiger partial charge is 0.393 e. The lowest BCUT2D eigenvalue weighted by Gasteiger charge is -2.39. The highest BCUT2D eigenvalue weighted by atomic mass is 32.2. The highest BCUT2D eigenvalue weighted by Gasteiger charge is 2.41. The molecule has 2 aromatic rings. The second kappa shape index (κ2) is 7.64. The van der Waals surface area contributed by atoms with Gasteiger partial charge in [0.1, 0.15) is 10.8 Å². The van der Waals surface area contributed by atoms with E-state index in [0.29, 0.717) is 5.82 Å². The Balaban J connectivity index is 1.47. The lowest BCUT2D eigenvalue weighted by atomic mass is 9.77. The van der Waals surface area contributed by atoms with E-state index < -0.39 is 11.9 Å². The van der Waals surface area contributed by atoms with Crippen molar-refractivity contribution in [3.05, 3.63) is 30.2 Å². The van der Waals surface area contributed by atoms with E-state index in [4.69, 9.17) is 5.73 Å². The third-order valence-electron chi connectivity index (χ3n) is 5.82. The second-order valence-electron chi connectivity index (χ2n) is 7.75. The Morgan fingerprint density at radius 1 is 1.21 bits per heavy atom. The van der Waals surface area contributed by atoms with Crippen LogP contribution in [0.2, 0.25) is 0 Å². The number of piperidine rings is 1. The zero-order valence-electron chi connectivity index (χ0n) is 15.7. The summed E-state index contributed by atoms with van der Waals surface area (Å²) < 4.78 is 39.4. The van der Waals surface area contributed by atoms with Gasteiger partial charge < -0.3 is 15.7 Å². The van der Waals surface area contributed by atoms with Gasteiger partial charge in [-0.1, -0.05) is 11.8 Å². The van der Waals surface area contributed by atoms with E-state index >= 15 is 0 Å². The minimum Gasteiger partial charge on any atom is -0.393 e. The molecular weight excluding hydrogens is 403 g/mol. The van der Waals surface area contributed by atoms with E-state index in [1.807, 2.05) is 0 Å². The molecule has 4 rings (SSSR count). The number of nitrogens with zero attached hydrogens (tertiary/aromatic N) is 4. The van der Waals surface area contributed by atoms with Gasteiger partial charge in [0.15, 0.2) is 11.5 Å². The number of aliphatic hydroxyl groups excluding tert-OH is 1. The molecule has 10 heteroatoms. The third kappa shape index (κ3) is 4.28. The summed E-state index contributed by atoms with van der Waals surface area (Å²) in [6.45, 7) is 1.60. The Morgan fingerprint density at radius 3 is 2.59 bits per heavy atom. The molecule has 3 heterocycles. The van der Waals surface area contributed by atoms with Crippen LogP contribution in [0.25, 0.3) is 0 Å². The maximum absolute atomic E-state index is 13.1. The lowest BCUT2D eigenvalue weighted by molar-refractivity contribution is -0.143. The summed E-state index contributed by atoms with van der Waals surface area (Å²) >= 11 is 0.811. The molecule has 1 saturated carbocycles. The summed E-state index contributed by atoms with van der Waals surface area (Å²) in [7, 11) is 0. The molecule has 2 aliphatic rings. The van der Waals surface area contributed by atoms with Gasteiger partial charge in [0.25, 0.3) is 0 Å². The maximum Gasteiger partial charge on any atom is 0.434 e. The molecule has 1 saturated heterocycles. The fraction of sp³-hybridized carbons (Fsp3) is 0.526. The summed E-state index contributed by atoms with van der Waals surface area (Å²) in [5, 5.41) is 10.1. The molecule has 0 bridgehead atoms. The molecule has 1 aliphatic heterocycles. The number of anilines is 2. The lowest BCUT2D eigenvalue weighted by Crippen LogP contribution is -2.39. The first-order chi connectivity index (χ1) is 13.8. The molecule has 0 unspecified atom stereocenters. The van der Waals surface area contributed by atoms with Crippen molar-refractivity contribution in [1.29, 1.82) is 0 Å². The number of aromatic nitrogens is 3. The van der Waals surface area contributed by atoms with Crippen molar-refractivity contribution in [2.75, 3.05) is 23.7 Å². The van der Waals surface area contributed by atoms with E-state index in [0.717, 1.165) is 63.2 Å². The first-order valence-corrected chi connectivity index (χ1v) is 10.3. The van der Waals surface area contributed by atoms with Gasteiger partial charge in [-0.2, -0.15) is 13.2 Å². The Bertz CT molecular complexity index is 886. The van der Waals surface area contributed by atoms with Crippen LogP contribution >= 0.6 is 11.8 Å². The van der Waals surface area contributed by atoms with Gasteiger partial charge in [-0.25, -0.2) is 9.97 Å². The van der Waals surface area contributed by atoms with Crippen molar-refractivity contribution in [2.45, 2.75) is 54.3 Å². The van der Waals surface area contributed by atoms with Crippen LogP contribution in [0.15, 0.2) is 34.4 Å². The largest absolute Gasteiger partial charge is 0.434 e. The summed E-state index contributed by atoms with van der Waals surface area (Å²) in [6, 6.07) is 2.79. The number of aliphatic hydroxyl groups is 1. The van der Waals surface area contributed by atoms with Crippen LogP contribution in [0.5, 0.6) is 0 Å². The zero-order chi connectivity index (χ0) is 20.6.